The number of halogens is 1. The van der Waals surface area contributed by atoms with Crippen LogP contribution >= 0.6 is 23.4 Å². The quantitative estimate of drug-likeness (QED) is 0.824. The molecule has 0 saturated carbocycles. The molecule has 21 heavy (non-hydrogen) atoms. The van der Waals surface area contributed by atoms with Crippen LogP contribution in [0.5, 0.6) is 0 Å². The minimum atomic E-state index is -1.13. The van der Waals surface area contributed by atoms with Crippen molar-refractivity contribution in [2.24, 2.45) is 0 Å². The molecular weight excluding hydrogens is 312 g/mol. The Hall–Kier alpha value is -2.05. The maximum absolute atomic E-state index is 11.0. The van der Waals surface area contributed by atoms with Crippen LogP contribution in [0.4, 0.5) is 4.79 Å². The number of pyridine rings is 1. The van der Waals surface area contributed by atoms with E-state index in [-0.39, 0.29) is 6.54 Å². The number of nitrogens with zero attached hydrogens (tertiary/aromatic N) is 1. The lowest BCUT2D eigenvalue weighted by Crippen LogP contribution is -2.20. The molecule has 0 aliphatic heterocycles. The van der Waals surface area contributed by atoms with E-state index in [9.17, 15) is 9.59 Å². The van der Waals surface area contributed by atoms with Crippen LogP contribution in [0.3, 0.4) is 0 Å². The zero-order chi connectivity index (χ0) is 15.2. The fraction of sp³-hybridized carbons (Fsp3) is 0.0714. The van der Waals surface area contributed by atoms with Gasteiger partial charge in [-0.1, -0.05) is 41.6 Å². The van der Waals surface area contributed by atoms with Gasteiger partial charge in [-0.3, -0.25) is 4.79 Å². The molecule has 1 aromatic carbocycles. The van der Waals surface area contributed by atoms with Crippen LogP contribution < -0.4 is 5.32 Å². The molecule has 5 nitrogen and oxygen atoms in total. The van der Waals surface area contributed by atoms with E-state index in [1.54, 1.807) is 24.3 Å². The summed E-state index contributed by atoms with van der Waals surface area (Å²) >= 11 is 7.18. The van der Waals surface area contributed by atoms with E-state index in [1.165, 1.54) is 18.0 Å². The average molecular weight is 323 g/mol. The van der Waals surface area contributed by atoms with Crippen LogP contribution in [0.1, 0.15) is 15.9 Å². The number of hydrogen-bond acceptors (Lipinski definition) is 4. The molecule has 2 rings (SSSR count). The molecule has 7 heteroatoms. The normalized spacial score (nSPS) is 10.1. The highest BCUT2D eigenvalue weighted by Gasteiger charge is 2.10. The van der Waals surface area contributed by atoms with Crippen molar-refractivity contribution in [3.63, 3.8) is 0 Å². The van der Waals surface area contributed by atoms with Crippen LogP contribution in [0.25, 0.3) is 0 Å². The van der Waals surface area contributed by atoms with Gasteiger partial charge in [0.25, 0.3) is 0 Å². The van der Waals surface area contributed by atoms with E-state index >= 15 is 0 Å². The summed E-state index contributed by atoms with van der Waals surface area (Å²) in [6.45, 7) is 0.0917. The van der Waals surface area contributed by atoms with E-state index in [0.29, 0.717) is 21.2 Å². The highest BCUT2D eigenvalue weighted by molar-refractivity contribution is 7.99. The highest BCUT2D eigenvalue weighted by atomic mass is 35.5. The number of aromatic nitrogens is 1. The standard InChI is InChI=1S/C14H11ClN2O3S/c15-11-5-10(6-17-14(19)20)13(16-7-11)21-12-4-2-1-3-9(12)8-18/h1-5,7-8,17H,6H2,(H,19,20). The molecule has 0 saturated heterocycles. The van der Waals surface area contributed by atoms with E-state index in [4.69, 9.17) is 16.7 Å². The number of amides is 1. The molecule has 0 unspecified atom stereocenters. The third-order valence-corrected chi connectivity index (χ3v) is 3.93. The van der Waals surface area contributed by atoms with Crippen molar-refractivity contribution in [3.05, 3.63) is 52.7 Å². The highest BCUT2D eigenvalue weighted by Crippen LogP contribution is 2.31. The average Bonchev–Trinajstić information content (AvgIpc) is 2.48. The summed E-state index contributed by atoms with van der Waals surface area (Å²) in [5.74, 6) is 0. The van der Waals surface area contributed by atoms with Gasteiger partial charge in [-0.15, -0.1) is 0 Å². The van der Waals surface area contributed by atoms with Gasteiger partial charge in [0, 0.05) is 28.8 Å². The Morgan fingerprint density at radius 3 is 2.90 bits per heavy atom. The first-order chi connectivity index (χ1) is 10.1. The zero-order valence-electron chi connectivity index (χ0n) is 10.7. The molecule has 108 valence electrons. The van der Waals surface area contributed by atoms with Crippen LogP contribution in [-0.4, -0.2) is 22.5 Å². The van der Waals surface area contributed by atoms with Gasteiger partial charge in [0.1, 0.15) is 5.03 Å². The van der Waals surface area contributed by atoms with E-state index < -0.39 is 6.09 Å². The molecule has 0 atom stereocenters. The van der Waals surface area contributed by atoms with Crippen molar-refractivity contribution < 1.29 is 14.7 Å². The first-order valence-electron chi connectivity index (χ1n) is 5.93. The van der Waals surface area contributed by atoms with Gasteiger partial charge in [-0.25, -0.2) is 9.78 Å². The third-order valence-electron chi connectivity index (χ3n) is 2.57. The van der Waals surface area contributed by atoms with Crippen molar-refractivity contribution in [1.82, 2.24) is 10.3 Å². The molecule has 2 N–H and O–H groups in total. The molecule has 0 aliphatic carbocycles. The molecular formula is C14H11ClN2O3S. The van der Waals surface area contributed by atoms with E-state index in [1.807, 2.05) is 6.07 Å². The number of aldehydes is 1. The number of carboxylic acid groups (broad SMARTS) is 1. The number of hydrogen-bond donors (Lipinski definition) is 2. The Morgan fingerprint density at radius 2 is 2.19 bits per heavy atom. The number of carbonyl (C=O) groups is 2. The van der Waals surface area contributed by atoms with Gasteiger partial charge in [-0.2, -0.15) is 0 Å². The van der Waals surface area contributed by atoms with E-state index in [0.717, 1.165) is 11.2 Å². The topological polar surface area (TPSA) is 79.3 Å². The summed E-state index contributed by atoms with van der Waals surface area (Å²) in [7, 11) is 0. The molecule has 0 aliphatic rings. The Kier molecular flexibility index (Phi) is 5.19. The molecule has 1 aromatic heterocycles. The Balaban J connectivity index is 2.30. The SMILES string of the molecule is O=Cc1ccccc1Sc1ncc(Cl)cc1CNC(=O)O. The molecule has 2 aromatic rings. The van der Waals surface area contributed by atoms with Crippen molar-refractivity contribution in [1.29, 1.82) is 0 Å². The van der Waals surface area contributed by atoms with Crippen LogP contribution in [0, 0.1) is 0 Å². The fourth-order valence-electron chi connectivity index (χ4n) is 1.63. The van der Waals surface area contributed by atoms with Crippen molar-refractivity contribution in [2.75, 3.05) is 0 Å². The monoisotopic (exact) mass is 322 g/mol. The second kappa shape index (κ2) is 7.10. The first-order valence-corrected chi connectivity index (χ1v) is 7.13. The summed E-state index contributed by atoms with van der Waals surface area (Å²) in [4.78, 5) is 26.6. The van der Waals surface area contributed by atoms with Crippen LogP contribution in [0.2, 0.25) is 5.02 Å². The fourth-order valence-corrected chi connectivity index (χ4v) is 2.77. The molecule has 0 spiro atoms. The van der Waals surface area contributed by atoms with Gasteiger partial charge in [0.15, 0.2) is 6.29 Å². The predicted octanol–water partition coefficient (Wildman–Crippen LogP) is 3.47. The largest absolute Gasteiger partial charge is 0.465 e. The number of nitrogens with one attached hydrogen (secondary N) is 1. The van der Waals surface area contributed by atoms with Crippen molar-refractivity contribution in [2.45, 2.75) is 16.5 Å². The minimum Gasteiger partial charge on any atom is -0.465 e. The van der Waals surface area contributed by atoms with Gasteiger partial charge in [-0.05, 0) is 12.1 Å². The molecule has 1 amide bonds. The third kappa shape index (κ3) is 4.21. The Labute approximate surface area is 130 Å². The predicted molar refractivity (Wildman–Crippen MR) is 80.1 cm³/mol. The minimum absolute atomic E-state index is 0.0917. The second-order valence-corrected chi connectivity index (χ2v) is 5.50. The summed E-state index contributed by atoms with van der Waals surface area (Å²) in [5.41, 5.74) is 1.20. The lowest BCUT2D eigenvalue weighted by atomic mass is 10.2. The van der Waals surface area contributed by atoms with Gasteiger partial charge in [0.05, 0.1) is 5.02 Å². The summed E-state index contributed by atoms with van der Waals surface area (Å²) < 4.78 is 0. The number of rotatable bonds is 5. The van der Waals surface area contributed by atoms with Crippen molar-refractivity contribution in [3.8, 4) is 0 Å². The van der Waals surface area contributed by atoms with Gasteiger partial charge < -0.3 is 10.4 Å². The Morgan fingerprint density at radius 1 is 1.43 bits per heavy atom. The molecule has 1 heterocycles. The summed E-state index contributed by atoms with van der Waals surface area (Å²) in [6, 6.07) is 8.76. The second-order valence-electron chi connectivity index (χ2n) is 4.03. The Bertz CT molecular complexity index is 679. The maximum Gasteiger partial charge on any atom is 0.404 e. The van der Waals surface area contributed by atoms with Gasteiger partial charge in [0.2, 0.25) is 0 Å². The summed E-state index contributed by atoms with van der Waals surface area (Å²) in [5, 5.41) is 12.0. The van der Waals surface area contributed by atoms with Crippen LogP contribution in [0.15, 0.2) is 46.5 Å². The molecule has 0 bridgehead atoms. The first kappa shape index (κ1) is 15.3. The molecule has 0 fully saturated rings. The number of benzene rings is 1. The molecule has 0 radical (unpaired) electrons. The van der Waals surface area contributed by atoms with Crippen molar-refractivity contribution >= 4 is 35.7 Å². The maximum atomic E-state index is 11.0. The lowest BCUT2D eigenvalue weighted by molar-refractivity contribution is 0.112. The zero-order valence-corrected chi connectivity index (χ0v) is 12.3. The number of carbonyl (C=O) groups excluding carboxylic acids is 1. The van der Waals surface area contributed by atoms with E-state index in [2.05, 4.69) is 10.3 Å². The summed E-state index contributed by atoms with van der Waals surface area (Å²) in [6.07, 6.45) is 1.13. The smallest absolute Gasteiger partial charge is 0.404 e. The lowest BCUT2D eigenvalue weighted by Gasteiger charge is -2.10. The van der Waals surface area contributed by atoms with Crippen LogP contribution in [-0.2, 0) is 6.54 Å². The van der Waals surface area contributed by atoms with Gasteiger partial charge >= 0.3 is 6.09 Å².